The first-order chi connectivity index (χ1) is 17.5. The summed E-state index contributed by atoms with van der Waals surface area (Å²) in [6.07, 6.45) is -0.322. The van der Waals surface area contributed by atoms with Gasteiger partial charge in [0.2, 0.25) is 5.69 Å². The normalized spacial score (nSPS) is 13.1. The van der Waals surface area contributed by atoms with E-state index in [1.807, 2.05) is 61.5 Å². The van der Waals surface area contributed by atoms with Gasteiger partial charge >= 0.3 is 0 Å². The van der Waals surface area contributed by atoms with Gasteiger partial charge in [-0.25, -0.2) is 13.8 Å². The second-order valence-electron chi connectivity index (χ2n) is 9.96. The number of rotatable bonds is 3. The summed E-state index contributed by atoms with van der Waals surface area (Å²) in [5, 5.41) is 1.75. The van der Waals surface area contributed by atoms with Crippen LogP contribution in [0.25, 0.3) is 49.2 Å². The molecule has 2 heterocycles. The van der Waals surface area contributed by atoms with Crippen molar-refractivity contribution >= 4 is 27.6 Å². The van der Waals surface area contributed by atoms with Crippen LogP contribution in [-0.4, -0.2) is 0 Å². The van der Waals surface area contributed by atoms with E-state index in [1.165, 1.54) is 6.07 Å². The number of benzene rings is 3. The van der Waals surface area contributed by atoms with E-state index in [-0.39, 0.29) is 5.56 Å². The van der Waals surface area contributed by atoms with Gasteiger partial charge in [-0.2, -0.15) is 0 Å². The SMILES string of the molecule is [2H]C([2H])(c1c[n+](C)c(-c2c(C)ccc3c2oc2c(-c4ccccc4)c([N+]#[C-])ccc23)cc1F)C(C)(C)C. The van der Waals surface area contributed by atoms with E-state index in [1.54, 1.807) is 38.6 Å². The second-order valence-corrected chi connectivity index (χ2v) is 9.96. The molecule has 0 atom stereocenters. The predicted octanol–water partition coefficient (Wildman–Crippen LogP) is 8.33. The standard InChI is InChI=1S/C31H28FN2O/c1-19-12-13-22-23-14-15-25(33-5)28(20-10-8-7-9-11-20)30(23)35-29(22)27(19)26-16-24(32)21(18-34(26)6)17-31(2,3)4/h7-16,18H,17H2,1-4,6H3/q+1/i17D2. The average Bonchev–Trinajstić information content (AvgIpc) is 3.23. The van der Waals surface area contributed by atoms with Crippen molar-refractivity contribution in [3.63, 3.8) is 0 Å². The van der Waals surface area contributed by atoms with Crippen LogP contribution in [0.4, 0.5) is 10.1 Å². The Bertz CT molecular complexity index is 1720. The van der Waals surface area contributed by atoms with Crippen LogP contribution in [0.2, 0.25) is 0 Å². The van der Waals surface area contributed by atoms with E-state index in [0.717, 1.165) is 33.0 Å². The van der Waals surface area contributed by atoms with E-state index >= 15 is 4.39 Å². The van der Waals surface area contributed by atoms with Crippen LogP contribution in [0.5, 0.6) is 0 Å². The summed E-state index contributed by atoms with van der Waals surface area (Å²) in [5.74, 6) is -0.596. The molecule has 0 saturated heterocycles. The number of fused-ring (bicyclic) bond motifs is 3. The van der Waals surface area contributed by atoms with Crippen LogP contribution >= 0.6 is 0 Å². The van der Waals surface area contributed by atoms with E-state index in [9.17, 15) is 0 Å². The predicted molar refractivity (Wildman–Crippen MR) is 140 cm³/mol. The Balaban J connectivity index is 1.82. The number of halogens is 1. The average molecular weight is 466 g/mol. The summed E-state index contributed by atoms with van der Waals surface area (Å²) in [7, 11) is 1.80. The molecule has 3 aromatic carbocycles. The van der Waals surface area contributed by atoms with Crippen molar-refractivity contribution in [2.24, 2.45) is 12.5 Å². The van der Waals surface area contributed by atoms with Crippen molar-refractivity contribution in [3.8, 4) is 22.4 Å². The molecule has 0 aliphatic carbocycles. The largest absolute Gasteiger partial charge is 0.456 e. The highest BCUT2D eigenvalue weighted by atomic mass is 19.1. The van der Waals surface area contributed by atoms with Gasteiger partial charge in [-0.3, -0.25) is 0 Å². The quantitative estimate of drug-likeness (QED) is 0.194. The molecule has 4 heteroatoms. The molecule has 174 valence electrons. The first-order valence-electron chi connectivity index (χ1n) is 12.6. The van der Waals surface area contributed by atoms with Gasteiger partial charge in [0, 0.05) is 25.1 Å². The van der Waals surface area contributed by atoms with Crippen LogP contribution in [0.1, 0.15) is 34.6 Å². The molecule has 0 saturated carbocycles. The molecule has 0 fully saturated rings. The van der Waals surface area contributed by atoms with Crippen molar-refractivity contribution in [1.82, 2.24) is 0 Å². The zero-order chi connectivity index (χ0) is 26.7. The smallest absolute Gasteiger partial charge is 0.219 e. The van der Waals surface area contributed by atoms with Gasteiger partial charge in [0.05, 0.1) is 17.7 Å². The Morgan fingerprint density at radius 3 is 2.31 bits per heavy atom. The number of pyridine rings is 1. The van der Waals surface area contributed by atoms with Gasteiger partial charge in [0.15, 0.2) is 11.9 Å². The maximum Gasteiger partial charge on any atom is 0.219 e. The van der Waals surface area contributed by atoms with Crippen LogP contribution in [0, 0.1) is 24.7 Å². The van der Waals surface area contributed by atoms with Gasteiger partial charge in [-0.05, 0) is 29.8 Å². The Morgan fingerprint density at radius 2 is 1.66 bits per heavy atom. The highest BCUT2D eigenvalue weighted by Gasteiger charge is 2.26. The number of nitrogens with zero attached hydrogens (tertiary/aromatic N) is 2. The fraction of sp³-hybridized carbons (Fsp3) is 0.226. The van der Waals surface area contributed by atoms with Gasteiger partial charge < -0.3 is 4.42 Å². The summed E-state index contributed by atoms with van der Waals surface area (Å²) >= 11 is 0. The summed E-state index contributed by atoms with van der Waals surface area (Å²) in [6, 6.07) is 18.8. The Hall–Kier alpha value is -3.97. The van der Waals surface area contributed by atoms with Crippen molar-refractivity contribution in [3.05, 3.63) is 95.2 Å². The highest BCUT2D eigenvalue weighted by molar-refractivity contribution is 6.15. The number of aryl methyl sites for hydroxylation is 2. The highest BCUT2D eigenvalue weighted by Crippen LogP contribution is 2.44. The van der Waals surface area contributed by atoms with Gasteiger partial charge in [0.1, 0.15) is 24.0 Å². The molecule has 0 spiro atoms. The topological polar surface area (TPSA) is 21.4 Å². The van der Waals surface area contributed by atoms with Crippen LogP contribution in [-0.2, 0) is 13.4 Å². The number of aromatic nitrogens is 1. The minimum atomic E-state index is -1.87. The first-order valence-corrected chi connectivity index (χ1v) is 11.6. The molecular weight excluding hydrogens is 435 g/mol. The lowest BCUT2D eigenvalue weighted by atomic mass is 9.88. The third-order valence-electron chi connectivity index (χ3n) is 6.17. The molecule has 0 aliphatic rings. The Morgan fingerprint density at radius 1 is 1.00 bits per heavy atom. The molecule has 0 bridgehead atoms. The molecule has 2 aromatic heterocycles. The molecular formula is C31H28FN2O+. The number of hydrogen-bond acceptors (Lipinski definition) is 1. The molecule has 0 aliphatic heterocycles. The molecule has 0 unspecified atom stereocenters. The number of hydrogen-bond donors (Lipinski definition) is 0. The van der Waals surface area contributed by atoms with E-state index in [0.29, 0.717) is 22.5 Å². The molecule has 5 aromatic rings. The van der Waals surface area contributed by atoms with Crippen LogP contribution < -0.4 is 4.57 Å². The summed E-state index contributed by atoms with van der Waals surface area (Å²) in [4.78, 5) is 3.74. The molecule has 0 amide bonds. The minimum absolute atomic E-state index is 0.0220. The number of furan rings is 1. The lowest BCUT2D eigenvalue weighted by Crippen LogP contribution is -2.33. The van der Waals surface area contributed by atoms with Crippen LogP contribution in [0.15, 0.2) is 71.3 Å². The lowest BCUT2D eigenvalue weighted by molar-refractivity contribution is -0.661. The third kappa shape index (κ3) is 3.98. The van der Waals surface area contributed by atoms with Crippen molar-refractivity contribution in [1.29, 1.82) is 0 Å². The van der Waals surface area contributed by atoms with Crippen molar-refractivity contribution < 1.29 is 16.1 Å². The first kappa shape index (κ1) is 20.4. The fourth-order valence-electron chi connectivity index (χ4n) is 4.66. The van der Waals surface area contributed by atoms with Gasteiger partial charge in [-0.1, -0.05) is 75.4 Å². The van der Waals surface area contributed by atoms with Gasteiger partial charge in [-0.15, -0.1) is 0 Å². The fourth-order valence-corrected chi connectivity index (χ4v) is 4.66. The maximum absolute atomic E-state index is 15.5. The molecule has 0 radical (unpaired) electrons. The molecule has 3 nitrogen and oxygen atoms in total. The minimum Gasteiger partial charge on any atom is -0.456 e. The van der Waals surface area contributed by atoms with E-state index in [2.05, 4.69) is 4.85 Å². The maximum atomic E-state index is 15.5. The zero-order valence-electron chi connectivity index (χ0n) is 22.5. The van der Waals surface area contributed by atoms with Crippen molar-refractivity contribution in [2.75, 3.05) is 0 Å². The van der Waals surface area contributed by atoms with Crippen molar-refractivity contribution in [2.45, 2.75) is 34.1 Å². The zero-order valence-corrected chi connectivity index (χ0v) is 20.5. The summed E-state index contributed by atoms with van der Waals surface area (Å²) in [5.41, 5.74) is 4.81. The monoisotopic (exact) mass is 465 g/mol. The summed E-state index contributed by atoms with van der Waals surface area (Å²) in [6.45, 7) is 15.0. The lowest BCUT2D eigenvalue weighted by Gasteiger charge is -2.18. The van der Waals surface area contributed by atoms with Crippen LogP contribution in [0.3, 0.4) is 0 Å². The Labute approximate surface area is 208 Å². The molecule has 0 N–H and O–H groups in total. The molecule has 5 rings (SSSR count). The third-order valence-corrected chi connectivity index (χ3v) is 6.17. The van der Waals surface area contributed by atoms with E-state index < -0.39 is 17.6 Å². The second kappa shape index (κ2) is 8.36. The summed E-state index contributed by atoms with van der Waals surface area (Å²) < 4.78 is 41.0. The molecule has 35 heavy (non-hydrogen) atoms. The van der Waals surface area contributed by atoms with Gasteiger partial charge in [0.25, 0.3) is 0 Å². The van der Waals surface area contributed by atoms with E-state index in [4.69, 9.17) is 13.7 Å². The Kier molecular flexibility index (Phi) is 4.87.